The van der Waals surface area contributed by atoms with E-state index in [4.69, 9.17) is 21.1 Å². The van der Waals surface area contributed by atoms with E-state index in [1.54, 1.807) is 12.1 Å². The van der Waals surface area contributed by atoms with Crippen LogP contribution >= 0.6 is 27.5 Å². The maximum Gasteiger partial charge on any atom is 0.329 e. The molecule has 0 bridgehead atoms. The largest absolute Gasteiger partial charge is 0.490 e. The van der Waals surface area contributed by atoms with Crippen LogP contribution in [0.25, 0.3) is 6.08 Å². The Morgan fingerprint density at radius 3 is 2.64 bits per heavy atom. The van der Waals surface area contributed by atoms with Crippen molar-refractivity contribution >= 4 is 45.5 Å². The lowest BCUT2D eigenvalue weighted by molar-refractivity contribution is -0.124. The van der Waals surface area contributed by atoms with Gasteiger partial charge in [0.15, 0.2) is 11.5 Å². The lowest BCUT2D eigenvalue weighted by Crippen LogP contribution is -2.41. The predicted molar refractivity (Wildman–Crippen MR) is 131 cm³/mol. The maximum atomic E-state index is 13.0. The normalized spacial score (nSPS) is 18.0. The summed E-state index contributed by atoms with van der Waals surface area (Å²) in [6.45, 7) is 2.61. The van der Waals surface area contributed by atoms with Crippen molar-refractivity contribution in [2.75, 3.05) is 6.61 Å². The number of benzene rings is 2. The van der Waals surface area contributed by atoms with Crippen LogP contribution in [-0.4, -0.2) is 29.5 Å². The maximum absolute atomic E-state index is 13.0. The highest BCUT2D eigenvalue weighted by Gasteiger charge is 2.39. The first-order valence-electron chi connectivity index (χ1n) is 11.2. The fourth-order valence-corrected chi connectivity index (χ4v) is 4.99. The lowest BCUT2D eigenvalue weighted by Gasteiger charge is -2.28. The summed E-state index contributed by atoms with van der Waals surface area (Å²) >= 11 is 9.80. The summed E-state index contributed by atoms with van der Waals surface area (Å²) in [5.41, 5.74) is 1.84. The zero-order chi connectivity index (χ0) is 23.4. The summed E-state index contributed by atoms with van der Waals surface area (Å²) in [5, 5.41) is 3.36. The molecule has 33 heavy (non-hydrogen) atoms. The molecule has 2 aliphatic rings. The van der Waals surface area contributed by atoms with Crippen LogP contribution in [0, 0.1) is 0 Å². The summed E-state index contributed by atoms with van der Waals surface area (Å²) in [7, 11) is 0. The Kier molecular flexibility index (Phi) is 7.60. The quantitative estimate of drug-likeness (QED) is 0.335. The van der Waals surface area contributed by atoms with Crippen LogP contribution in [0.3, 0.4) is 0 Å². The zero-order valence-corrected chi connectivity index (χ0v) is 20.7. The van der Waals surface area contributed by atoms with Crippen molar-refractivity contribution in [1.82, 2.24) is 10.2 Å². The molecular weight excluding hydrogens is 508 g/mol. The van der Waals surface area contributed by atoms with Crippen LogP contribution in [0.4, 0.5) is 4.79 Å². The number of urea groups is 1. The Balaban J connectivity index is 1.57. The summed E-state index contributed by atoms with van der Waals surface area (Å²) in [4.78, 5) is 26.9. The molecule has 1 N–H and O–H groups in total. The smallest absolute Gasteiger partial charge is 0.329 e. The Labute approximate surface area is 207 Å². The second-order valence-electron chi connectivity index (χ2n) is 8.10. The van der Waals surface area contributed by atoms with Gasteiger partial charge in [-0.3, -0.25) is 9.69 Å². The molecule has 1 aliphatic heterocycles. The van der Waals surface area contributed by atoms with Gasteiger partial charge in [0, 0.05) is 16.6 Å². The highest BCUT2D eigenvalue weighted by molar-refractivity contribution is 9.10. The van der Waals surface area contributed by atoms with Gasteiger partial charge < -0.3 is 14.8 Å². The number of halogens is 2. The third-order valence-corrected chi connectivity index (χ3v) is 6.78. The van der Waals surface area contributed by atoms with E-state index in [-0.39, 0.29) is 30.3 Å². The van der Waals surface area contributed by atoms with E-state index in [2.05, 4.69) is 21.2 Å². The first-order valence-corrected chi connectivity index (χ1v) is 12.3. The number of rotatable bonds is 7. The minimum atomic E-state index is -0.345. The number of hydrogen-bond donors (Lipinski definition) is 1. The number of nitrogens with one attached hydrogen (secondary N) is 1. The van der Waals surface area contributed by atoms with Crippen molar-refractivity contribution in [2.24, 2.45) is 0 Å². The fourth-order valence-electron chi connectivity index (χ4n) is 4.23. The number of carbonyl (C=O) groups is 2. The van der Waals surface area contributed by atoms with Crippen LogP contribution < -0.4 is 14.8 Å². The molecule has 2 fully saturated rings. The molecule has 1 saturated heterocycles. The van der Waals surface area contributed by atoms with Crippen molar-refractivity contribution < 1.29 is 19.1 Å². The predicted octanol–water partition coefficient (Wildman–Crippen LogP) is 6.31. The van der Waals surface area contributed by atoms with Crippen LogP contribution in [0.15, 0.2) is 46.6 Å². The molecule has 0 unspecified atom stereocenters. The second kappa shape index (κ2) is 10.6. The lowest BCUT2D eigenvalue weighted by atomic mass is 9.94. The molecule has 174 valence electrons. The number of carbonyl (C=O) groups excluding carboxylic acids is 2. The van der Waals surface area contributed by atoms with E-state index in [0.29, 0.717) is 33.2 Å². The van der Waals surface area contributed by atoms with Gasteiger partial charge in [-0.1, -0.05) is 49.1 Å². The van der Waals surface area contributed by atoms with Gasteiger partial charge >= 0.3 is 6.03 Å². The second-order valence-corrected chi connectivity index (χ2v) is 9.36. The minimum Gasteiger partial charge on any atom is -0.490 e. The monoisotopic (exact) mass is 532 g/mol. The van der Waals surface area contributed by atoms with E-state index < -0.39 is 0 Å². The first-order chi connectivity index (χ1) is 16.0. The van der Waals surface area contributed by atoms with Gasteiger partial charge in [0.2, 0.25) is 0 Å². The van der Waals surface area contributed by atoms with E-state index in [9.17, 15) is 9.59 Å². The Morgan fingerprint density at radius 1 is 1.15 bits per heavy atom. The summed E-state index contributed by atoms with van der Waals surface area (Å²) < 4.78 is 12.5. The van der Waals surface area contributed by atoms with E-state index in [1.165, 1.54) is 4.90 Å². The number of imide groups is 1. The third kappa shape index (κ3) is 5.36. The SMILES string of the molecule is CCOc1cc(/C=C2\NC(=O)N(C3CCCCC3)C2=O)cc(Br)c1OCc1ccccc1Cl. The van der Waals surface area contributed by atoms with Gasteiger partial charge in [0.1, 0.15) is 12.3 Å². The topological polar surface area (TPSA) is 67.9 Å². The van der Waals surface area contributed by atoms with Crippen LogP contribution in [-0.2, 0) is 11.4 Å². The van der Waals surface area contributed by atoms with Crippen LogP contribution in [0.2, 0.25) is 5.02 Å². The molecule has 1 aliphatic carbocycles. The van der Waals surface area contributed by atoms with Crippen LogP contribution in [0.1, 0.15) is 50.2 Å². The number of amides is 3. The Hall–Kier alpha value is -2.51. The highest BCUT2D eigenvalue weighted by Crippen LogP contribution is 2.38. The molecule has 6 nitrogen and oxygen atoms in total. The molecule has 0 spiro atoms. The highest BCUT2D eigenvalue weighted by atomic mass is 79.9. The minimum absolute atomic E-state index is 0.0246. The van der Waals surface area contributed by atoms with Crippen LogP contribution in [0.5, 0.6) is 11.5 Å². The van der Waals surface area contributed by atoms with E-state index in [0.717, 1.165) is 37.7 Å². The molecule has 1 heterocycles. The number of hydrogen-bond acceptors (Lipinski definition) is 4. The van der Waals surface area contributed by atoms with Crippen molar-refractivity contribution in [3.63, 3.8) is 0 Å². The van der Waals surface area contributed by atoms with Gasteiger partial charge in [-0.05, 0) is 65.5 Å². The van der Waals surface area contributed by atoms with E-state index in [1.807, 2.05) is 37.3 Å². The van der Waals surface area contributed by atoms with Crippen molar-refractivity contribution in [3.05, 3.63) is 62.7 Å². The van der Waals surface area contributed by atoms with E-state index >= 15 is 0 Å². The van der Waals surface area contributed by atoms with Crippen molar-refractivity contribution in [3.8, 4) is 11.5 Å². The Bertz CT molecular complexity index is 1080. The van der Waals surface area contributed by atoms with Gasteiger partial charge in [-0.15, -0.1) is 0 Å². The average Bonchev–Trinajstić information content (AvgIpc) is 3.07. The molecule has 0 radical (unpaired) electrons. The molecule has 1 saturated carbocycles. The summed E-state index contributed by atoms with van der Waals surface area (Å²) in [5.74, 6) is 0.802. The molecule has 3 amide bonds. The van der Waals surface area contributed by atoms with Gasteiger partial charge in [0.25, 0.3) is 5.91 Å². The fraction of sp³-hybridized carbons (Fsp3) is 0.360. The summed E-state index contributed by atoms with van der Waals surface area (Å²) in [6.07, 6.45) is 6.65. The summed E-state index contributed by atoms with van der Waals surface area (Å²) in [6, 6.07) is 10.8. The standard InChI is InChI=1S/C25H26BrClN2O4/c1-2-32-22-14-16(12-19(26)23(22)33-15-17-8-6-7-11-20(17)27)13-21-24(30)29(25(31)28-21)18-9-4-3-5-10-18/h6-8,11-14,18H,2-5,9-10,15H2,1H3,(H,28,31)/b21-13-. The molecule has 8 heteroatoms. The van der Waals surface area contributed by atoms with Gasteiger partial charge in [-0.25, -0.2) is 4.79 Å². The number of nitrogens with zero attached hydrogens (tertiary/aromatic N) is 1. The molecular formula is C25H26BrClN2O4. The Morgan fingerprint density at radius 2 is 1.91 bits per heavy atom. The zero-order valence-electron chi connectivity index (χ0n) is 18.4. The molecule has 0 aromatic heterocycles. The van der Waals surface area contributed by atoms with Gasteiger partial charge in [-0.2, -0.15) is 0 Å². The third-order valence-electron chi connectivity index (χ3n) is 5.82. The molecule has 2 aromatic carbocycles. The average molecular weight is 534 g/mol. The van der Waals surface area contributed by atoms with Crippen molar-refractivity contribution in [1.29, 1.82) is 0 Å². The van der Waals surface area contributed by atoms with Gasteiger partial charge in [0.05, 0.1) is 11.1 Å². The molecule has 4 rings (SSSR count). The van der Waals surface area contributed by atoms with Crippen molar-refractivity contribution in [2.45, 2.75) is 51.7 Å². The molecule has 0 atom stereocenters. The molecule has 2 aromatic rings. The first kappa shape index (κ1) is 23.6. The number of ether oxygens (including phenoxy) is 2.